The number of rotatable bonds is 1. The predicted octanol–water partition coefficient (Wildman–Crippen LogP) is -0.135. The first-order valence-corrected chi connectivity index (χ1v) is 2.38. The Morgan fingerprint density at radius 3 is 2.00 bits per heavy atom. The van der Waals surface area contributed by atoms with Gasteiger partial charge in [-0.1, -0.05) is 0 Å². The van der Waals surface area contributed by atoms with Crippen molar-refractivity contribution < 1.29 is 29.5 Å². The fourth-order valence-corrected chi connectivity index (χ4v) is 0. The molecule has 0 aromatic carbocycles. The van der Waals surface area contributed by atoms with Gasteiger partial charge in [-0.05, 0) is 0 Å². The van der Waals surface area contributed by atoms with E-state index in [0.29, 0.717) is 0 Å². The number of allylic oxidation sites excluding steroid dienone is 1. The van der Waals surface area contributed by atoms with E-state index in [1.807, 2.05) is 0 Å². The number of hydrogen-bond acceptors (Lipinski definition) is 1. The predicted molar refractivity (Wildman–Crippen MR) is 21.0 cm³/mol. The molecular weight excluding hydrogens is 170 g/mol. The van der Waals surface area contributed by atoms with Gasteiger partial charge in [0.1, 0.15) is 0 Å². The summed E-state index contributed by atoms with van der Waals surface area (Å²) in [5.41, 5.74) is 0. The molecule has 6 heavy (non-hydrogen) atoms. The fraction of sp³-hybridized carbons (Fsp3) is 0. The maximum absolute atomic E-state index is 9.73. The normalized spacial score (nSPS) is 5.17. The van der Waals surface area contributed by atoms with Crippen LogP contribution in [0.2, 0.25) is 0 Å². The van der Waals surface area contributed by atoms with Gasteiger partial charge in [0.25, 0.3) is 0 Å². The van der Waals surface area contributed by atoms with E-state index in [-0.39, 0.29) is 20.9 Å². The molecule has 0 fully saturated rings. The molecule has 0 N–H and O–H groups in total. The van der Waals surface area contributed by atoms with Crippen molar-refractivity contribution in [2.24, 2.45) is 0 Å². The topological polar surface area (TPSA) is 17.1 Å². The second-order valence-electron chi connectivity index (χ2n) is 0.568. The first-order valence-electron chi connectivity index (χ1n) is 1.15. The molecule has 0 aromatic rings. The van der Waals surface area contributed by atoms with Crippen LogP contribution in [0.25, 0.3) is 0 Å². The van der Waals surface area contributed by atoms with E-state index < -0.39 is 0 Å². The Morgan fingerprint density at radius 1 is 1.83 bits per heavy atom. The molecule has 0 saturated carbocycles. The van der Waals surface area contributed by atoms with Crippen molar-refractivity contribution in [3.8, 4) is 0 Å². The van der Waals surface area contributed by atoms with E-state index >= 15 is 0 Å². The zero-order valence-electron chi connectivity index (χ0n) is 3.27. The molecule has 0 saturated heterocycles. The summed E-state index contributed by atoms with van der Waals surface area (Å²) >= 11 is 0.913. The number of hydrogen-bond donors (Lipinski definition) is 0. The molecule has 0 rings (SSSR count). The summed E-state index contributed by atoms with van der Waals surface area (Å²) in [5.74, 6) is 0. The van der Waals surface area contributed by atoms with E-state index in [1.54, 1.807) is 0 Å². The largest absolute Gasteiger partial charge is 0 e. The van der Waals surface area contributed by atoms with Crippen LogP contribution in [0.3, 0.4) is 0 Å². The second-order valence-corrected chi connectivity index (χ2v) is 1.78. The summed E-state index contributed by atoms with van der Waals surface area (Å²) in [6.07, 6.45) is 1.32. The molecule has 0 unspecified atom stereocenters. The van der Waals surface area contributed by atoms with Crippen molar-refractivity contribution in [3.63, 3.8) is 0 Å². The van der Waals surface area contributed by atoms with E-state index in [2.05, 4.69) is 6.58 Å². The van der Waals surface area contributed by atoms with Crippen molar-refractivity contribution in [2.45, 2.75) is 0 Å². The molecular formula is C3H3AlOZr. The summed E-state index contributed by atoms with van der Waals surface area (Å²) in [4.78, 5) is 9.73. The fourth-order valence-electron chi connectivity index (χ4n) is 0. The zero-order chi connectivity index (χ0) is 4.28. The van der Waals surface area contributed by atoms with Gasteiger partial charge in [0, 0.05) is 17.4 Å². The summed E-state index contributed by atoms with van der Waals surface area (Å²) in [7, 11) is 0. The number of carbonyl (C=O) groups excluding carboxylic acids is 1. The maximum Gasteiger partial charge on any atom is 0 e. The van der Waals surface area contributed by atoms with Crippen molar-refractivity contribution in [3.05, 3.63) is 12.7 Å². The average Bonchev–Trinajstić information content (AvgIpc) is 1.38. The molecule has 0 aliphatic rings. The van der Waals surface area contributed by atoms with E-state index in [0.717, 1.165) is 24.7 Å². The first kappa shape index (κ1) is 9.95. The van der Waals surface area contributed by atoms with Gasteiger partial charge in [-0.15, -0.1) is 0 Å². The Kier molecular flexibility index (Phi) is 9.66. The molecule has 0 amide bonds. The van der Waals surface area contributed by atoms with Gasteiger partial charge in [-0.2, -0.15) is 0 Å². The average molecular weight is 173 g/mol. The molecule has 3 heteroatoms. The maximum atomic E-state index is 9.73. The minimum absolute atomic E-state index is 0. The van der Waals surface area contributed by atoms with E-state index in [4.69, 9.17) is 0 Å². The summed E-state index contributed by atoms with van der Waals surface area (Å²) in [6.45, 7) is 3.23. The van der Waals surface area contributed by atoms with Gasteiger partial charge in [0.05, 0.1) is 0 Å². The van der Waals surface area contributed by atoms with Crippen LogP contribution in [-0.2, 0) is 29.5 Å². The van der Waals surface area contributed by atoms with Crippen molar-refractivity contribution in [1.29, 1.82) is 0 Å². The Balaban J connectivity index is 0. The monoisotopic (exact) mass is 172 g/mol. The van der Waals surface area contributed by atoms with Gasteiger partial charge in [-0.3, -0.25) is 0 Å². The van der Waals surface area contributed by atoms with Gasteiger partial charge in [0.15, 0.2) is 0 Å². The molecule has 1 nitrogen and oxygen atoms in total. The molecule has 0 aliphatic heterocycles. The quantitative estimate of drug-likeness (QED) is 0.398. The number of carbonyl (C=O) groups is 1. The summed E-state index contributed by atoms with van der Waals surface area (Å²) < 4.78 is 0.109. The molecule has 0 spiro atoms. The van der Waals surface area contributed by atoms with E-state index in [9.17, 15) is 4.79 Å². The molecule has 0 bridgehead atoms. The van der Waals surface area contributed by atoms with Crippen LogP contribution in [0.15, 0.2) is 12.7 Å². The minimum atomic E-state index is 0. The smallest absolute Gasteiger partial charge is 0 e. The Bertz CT molecular complexity index is 61.8. The summed E-state index contributed by atoms with van der Waals surface area (Å²) in [6, 6.07) is 0. The molecule has 28 valence electrons. The SMILES string of the molecule is C=C[C](=O)[Zr].[Al]. The third kappa shape index (κ3) is 8.85. The van der Waals surface area contributed by atoms with Crippen LogP contribution in [0.5, 0.6) is 0 Å². The van der Waals surface area contributed by atoms with Crippen LogP contribution in [0.1, 0.15) is 0 Å². The third-order valence-corrected chi connectivity index (χ3v) is 0.687. The van der Waals surface area contributed by atoms with E-state index in [1.165, 1.54) is 6.08 Å². The standard InChI is InChI=1S/C3H3O.Al.Zr/c1-2-3-4;;/h2H,1H2;;. The van der Waals surface area contributed by atoms with Crippen LogP contribution in [0, 0.1) is 0 Å². The third-order valence-electron chi connectivity index (χ3n) is 0.185. The Morgan fingerprint density at radius 2 is 2.00 bits per heavy atom. The second kappa shape index (κ2) is 5.83. The van der Waals surface area contributed by atoms with Crippen molar-refractivity contribution in [2.75, 3.05) is 0 Å². The molecule has 0 heterocycles. The van der Waals surface area contributed by atoms with Crippen LogP contribution in [0.4, 0.5) is 0 Å². The van der Waals surface area contributed by atoms with Gasteiger partial charge in [0.2, 0.25) is 0 Å². The van der Waals surface area contributed by atoms with Crippen molar-refractivity contribution in [1.82, 2.24) is 0 Å². The Labute approximate surface area is 62.8 Å². The van der Waals surface area contributed by atoms with Gasteiger partial charge in [-0.25, -0.2) is 0 Å². The molecule has 0 aromatic heterocycles. The first-order chi connectivity index (χ1) is 2.27. The minimum Gasteiger partial charge on any atom is 0 e. The van der Waals surface area contributed by atoms with Crippen LogP contribution < -0.4 is 0 Å². The summed E-state index contributed by atoms with van der Waals surface area (Å²) in [5, 5.41) is 0. The van der Waals surface area contributed by atoms with Crippen molar-refractivity contribution >= 4 is 20.9 Å². The molecule has 3 radical (unpaired) electrons. The van der Waals surface area contributed by atoms with Gasteiger partial charge >= 0.3 is 45.7 Å². The van der Waals surface area contributed by atoms with Crippen LogP contribution >= 0.6 is 0 Å². The zero-order valence-corrected chi connectivity index (χ0v) is 6.88. The van der Waals surface area contributed by atoms with Gasteiger partial charge < -0.3 is 0 Å². The Hall–Kier alpha value is 0.826. The molecule has 0 atom stereocenters. The molecule has 0 aliphatic carbocycles. The van der Waals surface area contributed by atoms with Crippen LogP contribution in [-0.4, -0.2) is 20.9 Å².